The Morgan fingerprint density at radius 1 is 1.20 bits per heavy atom. The van der Waals surface area contributed by atoms with E-state index in [0.717, 1.165) is 60.4 Å². The van der Waals surface area contributed by atoms with Crippen LogP contribution in [0.2, 0.25) is 0 Å². The van der Waals surface area contributed by atoms with Gasteiger partial charge >= 0.3 is 0 Å². The van der Waals surface area contributed by atoms with E-state index in [1.807, 2.05) is 18.3 Å². The van der Waals surface area contributed by atoms with Crippen molar-refractivity contribution in [2.45, 2.75) is 46.1 Å². The fraction of sp³-hybridized carbons (Fsp3) is 0.435. The van der Waals surface area contributed by atoms with Gasteiger partial charge in [-0.25, -0.2) is 15.0 Å². The number of fused-ring (bicyclic) bond motifs is 1. The van der Waals surface area contributed by atoms with Gasteiger partial charge in [0.2, 0.25) is 5.91 Å². The lowest BCUT2D eigenvalue weighted by molar-refractivity contribution is -0.125. The van der Waals surface area contributed by atoms with Crippen LogP contribution in [0, 0.1) is 5.92 Å². The monoisotopic (exact) mass is 404 g/mol. The largest absolute Gasteiger partial charge is 0.369 e. The third-order valence-corrected chi connectivity index (χ3v) is 5.68. The van der Waals surface area contributed by atoms with Crippen LogP contribution < -0.4 is 10.2 Å². The smallest absolute Gasteiger partial charge is 0.225 e. The first-order valence-electron chi connectivity index (χ1n) is 10.7. The SMILES string of the molecule is CCc1nc2cc(N3CCC[C@@H](C(=O)NCc4cccnc4)C3)cnc2nc1CC. The van der Waals surface area contributed by atoms with Crippen molar-refractivity contribution in [3.8, 4) is 0 Å². The van der Waals surface area contributed by atoms with Crippen LogP contribution in [0.25, 0.3) is 11.2 Å². The molecule has 156 valence electrons. The van der Waals surface area contributed by atoms with Crippen molar-refractivity contribution in [2.75, 3.05) is 18.0 Å². The number of carbonyl (C=O) groups is 1. The molecule has 4 heterocycles. The van der Waals surface area contributed by atoms with Crippen LogP contribution >= 0.6 is 0 Å². The summed E-state index contributed by atoms with van der Waals surface area (Å²) in [7, 11) is 0. The molecule has 7 nitrogen and oxygen atoms in total. The summed E-state index contributed by atoms with van der Waals surface area (Å²) in [5, 5.41) is 3.05. The van der Waals surface area contributed by atoms with Crippen molar-refractivity contribution in [1.82, 2.24) is 25.3 Å². The summed E-state index contributed by atoms with van der Waals surface area (Å²) in [6.45, 7) is 6.31. The van der Waals surface area contributed by atoms with Gasteiger partial charge in [-0.2, -0.15) is 0 Å². The number of aryl methyl sites for hydroxylation is 2. The van der Waals surface area contributed by atoms with Crippen molar-refractivity contribution in [1.29, 1.82) is 0 Å². The molecule has 0 spiro atoms. The maximum absolute atomic E-state index is 12.7. The average molecular weight is 405 g/mol. The van der Waals surface area contributed by atoms with E-state index < -0.39 is 0 Å². The van der Waals surface area contributed by atoms with Crippen LogP contribution in [0.4, 0.5) is 5.69 Å². The molecule has 0 radical (unpaired) electrons. The third-order valence-electron chi connectivity index (χ3n) is 5.68. The van der Waals surface area contributed by atoms with Crippen LogP contribution in [-0.4, -0.2) is 38.9 Å². The Hall–Kier alpha value is -3.09. The summed E-state index contributed by atoms with van der Waals surface area (Å²) in [5.74, 6) is 0.0591. The molecule has 0 unspecified atom stereocenters. The first-order chi connectivity index (χ1) is 14.7. The highest BCUT2D eigenvalue weighted by Gasteiger charge is 2.26. The van der Waals surface area contributed by atoms with Gasteiger partial charge < -0.3 is 10.2 Å². The predicted molar refractivity (Wildman–Crippen MR) is 117 cm³/mol. The molecule has 0 saturated carbocycles. The van der Waals surface area contributed by atoms with Crippen molar-refractivity contribution < 1.29 is 4.79 Å². The number of hydrogen-bond donors (Lipinski definition) is 1. The number of nitrogens with zero attached hydrogens (tertiary/aromatic N) is 5. The molecule has 1 amide bonds. The number of anilines is 1. The van der Waals surface area contributed by atoms with Gasteiger partial charge in [0, 0.05) is 32.0 Å². The van der Waals surface area contributed by atoms with Crippen molar-refractivity contribution in [3.05, 3.63) is 53.7 Å². The molecule has 1 saturated heterocycles. The van der Waals surface area contributed by atoms with E-state index in [4.69, 9.17) is 4.98 Å². The molecule has 3 aromatic rings. The normalized spacial score (nSPS) is 16.6. The van der Waals surface area contributed by atoms with Gasteiger partial charge in [-0.3, -0.25) is 9.78 Å². The first-order valence-corrected chi connectivity index (χ1v) is 10.7. The first kappa shape index (κ1) is 20.2. The zero-order chi connectivity index (χ0) is 20.9. The minimum Gasteiger partial charge on any atom is -0.369 e. The third kappa shape index (κ3) is 4.40. The standard InChI is InChI=1S/C23H28N6O/c1-3-19-20(4-2)28-22-21(27-19)11-18(14-25-22)29-10-6-8-17(15-29)23(30)26-13-16-7-5-9-24-12-16/h5,7,9,11-12,14,17H,3-4,6,8,10,13,15H2,1-2H3,(H,26,30)/t17-/m1/s1. The molecule has 1 aliphatic heterocycles. The predicted octanol–water partition coefficient (Wildman–Crippen LogP) is 3.08. The molecule has 0 aliphatic carbocycles. The van der Waals surface area contributed by atoms with Crippen LogP contribution in [-0.2, 0) is 24.2 Å². The summed E-state index contributed by atoms with van der Waals surface area (Å²) >= 11 is 0. The van der Waals surface area contributed by atoms with Gasteiger partial charge in [0.1, 0.15) is 5.52 Å². The van der Waals surface area contributed by atoms with E-state index in [0.29, 0.717) is 18.7 Å². The molecular weight excluding hydrogens is 376 g/mol. The van der Waals surface area contributed by atoms with Crippen molar-refractivity contribution in [2.24, 2.45) is 5.92 Å². The van der Waals surface area contributed by atoms with E-state index in [1.165, 1.54) is 0 Å². The minimum absolute atomic E-state index is 0.0362. The van der Waals surface area contributed by atoms with Crippen molar-refractivity contribution >= 4 is 22.8 Å². The summed E-state index contributed by atoms with van der Waals surface area (Å²) in [6, 6.07) is 5.91. The number of rotatable bonds is 6. The van der Waals surface area contributed by atoms with E-state index in [-0.39, 0.29) is 11.8 Å². The molecule has 3 aromatic heterocycles. The molecule has 4 rings (SSSR count). The molecule has 1 N–H and O–H groups in total. The van der Waals surface area contributed by atoms with E-state index in [2.05, 4.69) is 45.1 Å². The second-order valence-corrected chi connectivity index (χ2v) is 7.72. The van der Waals surface area contributed by atoms with Gasteiger partial charge in [-0.15, -0.1) is 0 Å². The molecular formula is C23H28N6O. The molecule has 0 bridgehead atoms. The highest BCUT2D eigenvalue weighted by molar-refractivity contribution is 5.80. The lowest BCUT2D eigenvalue weighted by Crippen LogP contribution is -2.43. The Morgan fingerprint density at radius 2 is 2.03 bits per heavy atom. The van der Waals surface area contributed by atoms with Crippen LogP contribution in [0.15, 0.2) is 36.8 Å². The Kier molecular flexibility index (Phi) is 6.16. The molecule has 7 heteroatoms. The summed E-state index contributed by atoms with van der Waals surface area (Å²) in [6.07, 6.45) is 8.97. The number of nitrogens with one attached hydrogen (secondary N) is 1. The Labute approximate surface area is 177 Å². The highest BCUT2D eigenvalue weighted by Crippen LogP contribution is 2.25. The molecule has 1 aliphatic rings. The fourth-order valence-corrected chi connectivity index (χ4v) is 4.01. The molecule has 1 fully saturated rings. The van der Waals surface area contributed by atoms with E-state index in [1.54, 1.807) is 12.4 Å². The number of pyridine rings is 2. The average Bonchev–Trinajstić information content (AvgIpc) is 2.82. The van der Waals surface area contributed by atoms with Crippen LogP contribution in [0.3, 0.4) is 0 Å². The second kappa shape index (κ2) is 9.15. The van der Waals surface area contributed by atoms with Crippen molar-refractivity contribution in [3.63, 3.8) is 0 Å². The summed E-state index contributed by atoms with van der Waals surface area (Å²) < 4.78 is 0. The van der Waals surface area contributed by atoms with Crippen LogP contribution in [0.5, 0.6) is 0 Å². The quantitative estimate of drug-likeness (QED) is 0.680. The number of carbonyl (C=O) groups excluding carboxylic acids is 1. The maximum Gasteiger partial charge on any atom is 0.225 e. The zero-order valence-electron chi connectivity index (χ0n) is 17.6. The summed E-state index contributed by atoms with van der Waals surface area (Å²) in [4.78, 5) is 33.1. The number of aromatic nitrogens is 4. The molecule has 30 heavy (non-hydrogen) atoms. The maximum atomic E-state index is 12.7. The number of hydrogen-bond acceptors (Lipinski definition) is 6. The lowest BCUT2D eigenvalue weighted by Gasteiger charge is -2.33. The highest BCUT2D eigenvalue weighted by atomic mass is 16.1. The lowest BCUT2D eigenvalue weighted by atomic mass is 9.96. The minimum atomic E-state index is -0.0362. The Balaban J connectivity index is 1.47. The number of amides is 1. The van der Waals surface area contributed by atoms with E-state index >= 15 is 0 Å². The fourth-order valence-electron chi connectivity index (χ4n) is 4.01. The topological polar surface area (TPSA) is 83.9 Å². The summed E-state index contributed by atoms with van der Waals surface area (Å²) in [5.41, 5.74) is 5.59. The number of piperidine rings is 1. The van der Waals surface area contributed by atoms with Gasteiger partial charge in [-0.05, 0) is 43.4 Å². The van der Waals surface area contributed by atoms with Gasteiger partial charge in [0.05, 0.1) is 29.2 Å². The second-order valence-electron chi connectivity index (χ2n) is 7.72. The van der Waals surface area contributed by atoms with Crippen LogP contribution in [0.1, 0.15) is 43.6 Å². The Morgan fingerprint density at radius 3 is 2.80 bits per heavy atom. The molecule has 0 aromatic carbocycles. The zero-order valence-corrected chi connectivity index (χ0v) is 17.6. The van der Waals surface area contributed by atoms with E-state index in [9.17, 15) is 4.79 Å². The molecule has 1 atom stereocenters. The Bertz CT molecular complexity index is 1020. The van der Waals surface area contributed by atoms with Gasteiger partial charge in [0.15, 0.2) is 5.65 Å². The van der Waals surface area contributed by atoms with Gasteiger partial charge in [-0.1, -0.05) is 19.9 Å². The van der Waals surface area contributed by atoms with Gasteiger partial charge in [0.25, 0.3) is 0 Å².